The van der Waals surface area contributed by atoms with Crippen molar-refractivity contribution in [2.24, 2.45) is 0 Å². The molecule has 0 aliphatic rings. The van der Waals surface area contributed by atoms with Crippen molar-refractivity contribution in [1.29, 1.82) is 0 Å². The van der Waals surface area contributed by atoms with E-state index in [0.717, 1.165) is 24.1 Å². The fourth-order valence-corrected chi connectivity index (χ4v) is 5.16. The quantitative estimate of drug-likeness (QED) is 0.343. The highest BCUT2D eigenvalue weighted by molar-refractivity contribution is 7.93. The first-order valence-corrected chi connectivity index (χ1v) is 11.9. The Morgan fingerprint density at radius 3 is 2.66 bits per heavy atom. The van der Waals surface area contributed by atoms with E-state index in [4.69, 9.17) is 11.6 Å². The van der Waals surface area contributed by atoms with Crippen molar-refractivity contribution in [3.05, 3.63) is 89.2 Å². The van der Waals surface area contributed by atoms with Crippen molar-refractivity contribution in [2.75, 3.05) is 17.4 Å². The summed E-state index contributed by atoms with van der Waals surface area (Å²) in [7, 11) is -4.02. The molecule has 3 rings (SSSR count). The van der Waals surface area contributed by atoms with Gasteiger partial charge >= 0.3 is 0 Å². The van der Waals surface area contributed by atoms with Crippen LogP contribution in [0.15, 0.2) is 72.3 Å². The molecule has 0 saturated carbocycles. The molecule has 0 spiro atoms. The maximum atomic E-state index is 13.4. The van der Waals surface area contributed by atoms with Crippen LogP contribution in [0.3, 0.4) is 0 Å². The van der Waals surface area contributed by atoms with Gasteiger partial charge in [0.15, 0.2) is 0 Å². The summed E-state index contributed by atoms with van der Waals surface area (Å²) >= 11 is 6.24. The van der Waals surface area contributed by atoms with E-state index in [2.05, 4.69) is 22.1 Å². The highest BCUT2D eigenvalue weighted by atomic mass is 35.5. The molecular formula is C23H25ClN4O3S. The van der Waals surface area contributed by atoms with Crippen molar-refractivity contribution in [2.45, 2.75) is 24.7 Å². The van der Waals surface area contributed by atoms with Crippen LogP contribution in [0.2, 0.25) is 5.02 Å². The molecule has 32 heavy (non-hydrogen) atoms. The van der Waals surface area contributed by atoms with E-state index >= 15 is 0 Å². The molecule has 1 heterocycles. The van der Waals surface area contributed by atoms with Gasteiger partial charge in [-0.1, -0.05) is 35.9 Å². The number of halogens is 1. The zero-order valence-corrected chi connectivity index (χ0v) is 19.3. The lowest BCUT2D eigenvalue weighted by Gasteiger charge is -2.24. The maximum Gasteiger partial charge on any atom is 0.266 e. The summed E-state index contributed by atoms with van der Waals surface area (Å²) in [6, 6.07) is 12.9. The average Bonchev–Trinajstić information content (AvgIpc) is 3.20. The van der Waals surface area contributed by atoms with Gasteiger partial charge in [0, 0.05) is 17.8 Å². The Morgan fingerprint density at radius 2 is 2.00 bits per heavy atom. The maximum absolute atomic E-state index is 13.4. The van der Waals surface area contributed by atoms with Crippen LogP contribution in [0.5, 0.6) is 0 Å². The number of aromatic amines is 1. The van der Waals surface area contributed by atoms with Crippen LogP contribution in [0.4, 0.5) is 5.69 Å². The van der Waals surface area contributed by atoms with E-state index in [0.29, 0.717) is 12.2 Å². The predicted octanol–water partition coefficient (Wildman–Crippen LogP) is 4.12. The molecule has 0 fully saturated rings. The first-order chi connectivity index (χ1) is 15.3. The zero-order valence-electron chi connectivity index (χ0n) is 17.7. The molecule has 0 radical (unpaired) electrons. The van der Waals surface area contributed by atoms with Gasteiger partial charge in [-0.3, -0.25) is 14.2 Å². The molecule has 0 atom stereocenters. The number of sulfonamides is 1. The van der Waals surface area contributed by atoms with Gasteiger partial charge < -0.3 is 5.32 Å². The minimum atomic E-state index is -4.02. The molecule has 0 aliphatic carbocycles. The second kappa shape index (κ2) is 10.5. The number of hydrogen-bond acceptors (Lipinski definition) is 4. The standard InChI is InChI=1S/C23H25ClN4O3S/c1-3-14-28(20-9-5-4-6-10-20)32(30,31)22-15-18(11-12-21(22)24)23(29)25-13-7-8-19-16-26-27-17(19)2/h3-6,9-12,15-16H,1,7-8,13-14H2,2H3,(H,25,29)(H,26,27). The minimum absolute atomic E-state index is 0.0435. The van der Waals surface area contributed by atoms with Crippen molar-refractivity contribution in [3.63, 3.8) is 0 Å². The van der Waals surface area contributed by atoms with Crippen molar-refractivity contribution in [1.82, 2.24) is 15.5 Å². The number of hydrogen-bond donors (Lipinski definition) is 2. The number of nitrogens with one attached hydrogen (secondary N) is 2. The number of aryl methyl sites for hydroxylation is 2. The highest BCUT2D eigenvalue weighted by Crippen LogP contribution is 2.29. The van der Waals surface area contributed by atoms with Gasteiger partial charge in [0.05, 0.1) is 23.5 Å². The van der Waals surface area contributed by atoms with Gasteiger partial charge in [0.1, 0.15) is 4.90 Å². The summed E-state index contributed by atoms with van der Waals surface area (Å²) in [6.45, 7) is 6.11. The monoisotopic (exact) mass is 472 g/mol. The number of carbonyl (C=O) groups excluding carboxylic acids is 1. The number of anilines is 1. The molecule has 168 valence electrons. The Morgan fingerprint density at radius 1 is 1.25 bits per heavy atom. The first-order valence-electron chi connectivity index (χ1n) is 10.1. The summed E-state index contributed by atoms with van der Waals surface area (Å²) in [4.78, 5) is 12.5. The number of amides is 1. The third-order valence-corrected chi connectivity index (χ3v) is 7.22. The number of aromatic nitrogens is 2. The number of rotatable bonds is 10. The van der Waals surface area contributed by atoms with Gasteiger partial charge in [-0.05, 0) is 55.7 Å². The molecule has 0 saturated heterocycles. The number of H-pyrrole nitrogens is 1. The topological polar surface area (TPSA) is 95.2 Å². The van der Waals surface area contributed by atoms with Crippen molar-refractivity contribution >= 4 is 33.2 Å². The van der Waals surface area contributed by atoms with Crippen LogP contribution in [0.25, 0.3) is 0 Å². The molecule has 2 aromatic carbocycles. The van der Waals surface area contributed by atoms with Crippen molar-refractivity contribution in [3.8, 4) is 0 Å². The Kier molecular flexibility index (Phi) is 7.71. The molecular weight excluding hydrogens is 448 g/mol. The van der Waals surface area contributed by atoms with E-state index in [1.807, 2.05) is 6.92 Å². The first kappa shape index (κ1) is 23.6. The largest absolute Gasteiger partial charge is 0.352 e. The summed E-state index contributed by atoms with van der Waals surface area (Å²) in [5.74, 6) is -0.364. The Bertz CT molecular complexity index is 1190. The van der Waals surface area contributed by atoms with Crippen LogP contribution in [-0.4, -0.2) is 37.6 Å². The molecule has 3 aromatic rings. The Labute approximate surface area is 193 Å². The normalized spacial score (nSPS) is 11.2. The lowest BCUT2D eigenvalue weighted by atomic mass is 10.1. The van der Waals surface area contributed by atoms with Crippen LogP contribution >= 0.6 is 11.6 Å². The van der Waals surface area contributed by atoms with E-state index in [-0.39, 0.29) is 27.9 Å². The van der Waals surface area contributed by atoms with Crippen LogP contribution in [0.1, 0.15) is 28.0 Å². The molecule has 9 heteroatoms. The molecule has 0 aliphatic heterocycles. The zero-order chi connectivity index (χ0) is 23.1. The fourth-order valence-electron chi connectivity index (χ4n) is 3.23. The van der Waals surface area contributed by atoms with Crippen LogP contribution in [-0.2, 0) is 16.4 Å². The summed E-state index contributed by atoms with van der Waals surface area (Å²) in [5.41, 5.74) is 2.81. The predicted molar refractivity (Wildman–Crippen MR) is 127 cm³/mol. The molecule has 0 unspecified atom stereocenters. The average molecular weight is 473 g/mol. The third-order valence-electron chi connectivity index (χ3n) is 4.94. The SMILES string of the molecule is C=CCN(c1ccccc1)S(=O)(=O)c1cc(C(=O)NCCCc2cn[nH]c2C)ccc1Cl. The summed E-state index contributed by atoms with van der Waals surface area (Å²) in [6.07, 6.45) is 4.77. The Balaban J connectivity index is 1.77. The molecule has 0 bridgehead atoms. The second-order valence-corrected chi connectivity index (χ2v) is 9.42. The lowest BCUT2D eigenvalue weighted by molar-refractivity contribution is 0.0953. The number of nitrogens with zero attached hydrogens (tertiary/aromatic N) is 2. The van der Waals surface area contributed by atoms with Gasteiger partial charge in [0.25, 0.3) is 15.9 Å². The summed E-state index contributed by atoms with van der Waals surface area (Å²) in [5, 5.41) is 9.74. The van der Waals surface area contributed by atoms with Crippen LogP contribution in [0, 0.1) is 6.92 Å². The summed E-state index contributed by atoms with van der Waals surface area (Å²) < 4.78 is 28.0. The number of benzene rings is 2. The molecule has 1 amide bonds. The number of carbonyl (C=O) groups is 1. The molecule has 7 nitrogen and oxygen atoms in total. The van der Waals surface area contributed by atoms with Crippen LogP contribution < -0.4 is 9.62 Å². The Hall–Kier alpha value is -3.10. The minimum Gasteiger partial charge on any atom is -0.352 e. The fraction of sp³-hybridized carbons (Fsp3) is 0.217. The van der Waals surface area contributed by atoms with Gasteiger partial charge in [0.2, 0.25) is 0 Å². The van der Waals surface area contributed by atoms with Gasteiger partial charge in [-0.2, -0.15) is 5.10 Å². The van der Waals surface area contributed by atoms with Gasteiger partial charge in [-0.25, -0.2) is 8.42 Å². The van der Waals surface area contributed by atoms with E-state index in [9.17, 15) is 13.2 Å². The smallest absolute Gasteiger partial charge is 0.266 e. The van der Waals surface area contributed by atoms with Crippen molar-refractivity contribution < 1.29 is 13.2 Å². The second-order valence-electron chi connectivity index (χ2n) is 7.19. The lowest BCUT2D eigenvalue weighted by Crippen LogP contribution is -2.32. The van der Waals surface area contributed by atoms with E-state index < -0.39 is 10.0 Å². The molecule has 1 aromatic heterocycles. The molecule has 2 N–H and O–H groups in total. The van der Waals surface area contributed by atoms with E-state index in [1.165, 1.54) is 28.6 Å². The van der Waals surface area contributed by atoms with Gasteiger partial charge in [-0.15, -0.1) is 6.58 Å². The highest BCUT2D eigenvalue weighted by Gasteiger charge is 2.27. The number of para-hydroxylation sites is 1. The third kappa shape index (κ3) is 5.38. The van der Waals surface area contributed by atoms with E-state index in [1.54, 1.807) is 36.5 Å².